The molecular weight excluding hydrogens is 417 g/mol. The Balaban J connectivity index is 1.23. The summed E-state index contributed by atoms with van der Waals surface area (Å²) < 4.78 is 0. The van der Waals surface area contributed by atoms with Crippen molar-refractivity contribution in [3.05, 3.63) is 69.7 Å². The third-order valence-electron chi connectivity index (χ3n) is 6.31. The van der Waals surface area contributed by atoms with Gasteiger partial charge in [-0.25, -0.2) is 0 Å². The van der Waals surface area contributed by atoms with Gasteiger partial charge in [-0.1, -0.05) is 59.6 Å². The molecule has 6 heteroatoms. The molecule has 2 aromatic carbocycles. The highest BCUT2D eigenvalue weighted by atomic mass is 35.5. The van der Waals surface area contributed by atoms with Crippen LogP contribution < -0.4 is 0 Å². The Kier molecular flexibility index (Phi) is 7.32. The second-order valence-electron chi connectivity index (χ2n) is 8.34. The molecule has 0 aromatic heterocycles. The van der Waals surface area contributed by atoms with Gasteiger partial charge in [0.15, 0.2) is 0 Å². The fourth-order valence-electron chi connectivity index (χ4n) is 4.47. The lowest BCUT2D eigenvalue weighted by Crippen LogP contribution is -2.51. The highest BCUT2D eigenvalue weighted by Crippen LogP contribution is 2.28. The van der Waals surface area contributed by atoms with Crippen molar-refractivity contribution in [1.82, 2.24) is 14.7 Å². The Morgan fingerprint density at radius 1 is 0.767 bits per heavy atom. The van der Waals surface area contributed by atoms with Crippen molar-refractivity contribution in [1.29, 1.82) is 0 Å². The lowest BCUT2D eigenvalue weighted by Gasteiger charge is -2.38. The zero-order valence-electron chi connectivity index (χ0n) is 17.3. The molecule has 2 aliphatic rings. The standard InChI is InChI=1S/C24H29Cl2N3O/c25-22-7-4-8-23(26)21(22)18-27-11-9-20(10-12-27)24(30)29-15-13-28(14-16-29)17-19-5-2-1-3-6-19/h1-8,20H,9-18H2. The molecule has 0 N–H and O–H groups in total. The van der Waals surface area contributed by atoms with Crippen LogP contribution in [-0.4, -0.2) is 59.9 Å². The number of rotatable bonds is 5. The van der Waals surface area contributed by atoms with Crippen LogP contribution in [-0.2, 0) is 17.9 Å². The highest BCUT2D eigenvalue weighted by Gasteiger charge is 2.30. The van der Waals surface area contributed by atoms with Gasteiger partial charge < -0.3 is 4.90 Å². The van der Waals surface area contributed by atoms with E-state index in [1.54, 1.807) is 0 Å². The van der Waals surface area contributed by atoms with Crippen molar-refractivity contribution in [2.75, 3.05) is 39.3 Å². The maximum atomic E-state index is 13.0. The lowest BCUT2D eigenvalue weighted by atomic mass is 9.94. The van der Waals surface area contributed by atoms with Gasteiger partial charge in [0.1, 0.15) is 0 Å². The van der Waals surface area contributed by atoms with Gasteiger partial charge in [0.25, 0.3) is 0 Å². The zero-order chi connectivity index (χ0) is 20.9. The minimum Gasteiger partial charge on any atom is -0.340 e. The quantitative estimate of drug-likeness (QED) is 0.675. The Morgan fingerprint density at radius 2 is 1.37 bits per heavy atom. The molecule has 1 amide bonds. The van der Waals surface area contributed by atoms with E-state index in [9.17, 15) is 4.79 Å². The van der Waals surface area contributed by atoms with E-state index in [4.69, 9.17) is 23.2 Å². The molecule has 160 valence electrons. The maximum absolute atomic E-state index is 13.0. The third kappa shape index (κ3) is 5.36. The van der Waals surface area contributed by atoms with Gasteiger partial charge in [0.05, 0.1) is 0 Å². The summed E-state index contributed by atoms with van der Waals surface area (Å²) in [5.74, 6) is 0.480. The molecule has 2 fully saturated rings. The molecule has 0 saturated carbocycles. The fraction of sp³-hybridized carbons (Fsp3) is 0.458. The van der Waals surface area contributed by atoms with E-state index in [-0.39, 0.29) is 5.92 Å². The lowest BCUT2D eigenvalue weighted by molar-refractivity contribution is -0.139. The predicted octanol–water partition coefficient (Wildman–Crippen LogP) is 4.55. The molecule has 0 unspecified atom stereocenters. The third-order valence-corrected chi connectivity index (χ3v) is 7.02. The summed E-state index contributed by atoms with van der Waals surface area (Å²) in [6, 6.07) is 16.2. The first-order valence-electron chi connectivity index (χ1n) is 10.8. The summed E-state index contributed by atoms with van der Waals surface area (Å²) in [5, 5.41) is 1.43. The Morgan fingerprint density at radius 3 is 2.00 bits per heavy atom. The van der Waals surface area contributed by atoms with E-state index in [0.717, 1.165) is 70.8 Å². The van der Waals surface area contributed by atoms with Gasteiger partial charge in [-0.15, -0.1) is 0 Å². The van der Waals surface area contributed by atoms with Crippen LogP contribution in [0, 0.1) is 5.92 Å². The van der Waals surface area contributed by atoms with Gasteiger partial charge >= 0.3 is 0 Å². The Labute approximate surface area is 189 Å². The minimum atomic E-state index is 0.142. The molecule has 4 nitrogen and oxygen atoms in total. The molecule has 4 rings (SSSR count). The molecule has 30 heavy (non-hydrogen) atoms. The number of likely N-dealkylation sites (tertiary alicyclic amines) is 1. The molecule has 0 aliphatic carbocycles. The van der Waals surface area contributed by atoms with Crippen LogP contribution in [0.5, 0.6) is 0 Å². The van der Waals surface area contributed by atoms with E-state index >= 15 is 0 Å². The Bertz CT molecular complexity index is 825. The van der Waals surface area contributed by atoms with Gasteiger partial charge in [0.2, 0.25) is 5.91 Å². The summed E-state index contributed by atoms with van der Waals surface area (Å²) >= 11 is 12.6. The van der Waals surface area contributed by atoms with E-state index in [1.807, 2.05) is 18.2 Å². The monoisotopic (exact) mass is 445 g/mol. The normalized spacial score (nSPS) is 19.2. The SMILES string of the molecule is O=C(C1CCN(Cc2c(Cl)cccc2Cl)CC1)N1CCN(Cc2ccccc2)CC1. The summed E-state index contributed by atoms with van der Waals surface area (Å²) in [6.45, 7) is 7.10. The number of benzene rings is 2. The van der Waals surface area contributed by atoms with Gasteiger partial charge in [-0.3, -0.25) is 14.6 Å². The summed E-state index contributed by atoms with van der Waals surface area (Å²) in [4.78, 5) is 19.9. The van der Waals surface area contributed by atoms with Crippen LogP contribution in [0.1, 0.15) is 24.0 Å². The van der Waals surface area contributed by atoms with Gasteiger partial charge in [-0.2, -0.15) is 0 Å². The average Bonchev–Trinajstić information content (AvgIpc) is 2.78. The number of nitrogens with zero attached hydrogens (tertiary/aromatic N) is 3. The molecule has 2 aliphatic heterocycles. The molecular formula is C24H29Cl2N3O. The molecule has 2 heterocycles. The van der Waals surface area contributed by atoms with Gasteiger partial charge in [0, 0.05) is 60.8 Å². The molecule has 2 saturated heterocycles. The summed E-state index contributed by atoms with van der Waals surface area (Å²) in [6.07, 6.45) is 1.82. The van der Waals surface area contributed by atoms with Crippen LogP contribution in [0.4, 0.5) is 0 Å². The smallest absolute Gasteiger partial charge is 0.225 e. The number of halogens is 2. The molecule has 0 spiro atoms. The predicted molar refractivity (Wildman–Crippen MR) is 123 cm³/mol. The first kappa shape index (κ1) is 21.6. The number of amides is 1. The van der Waals surface area contributed by atoms with E-state index < -0.39 is 0 Å². The second-order valence-corrected chi connectivity index (χ2v) is 9.15. The molecule has 0 atom stereocenters. The number of carbonyl (C=O) groups excluding carboxylic acids is 1. The van der Waals surface area contributed by atoms with Crippen molar-refractivity contribution in [3.8, 4) is 0 Å². The first-order chi connectivity index (χ1) is 14.6. The number of piperidine rings is 1. The van der Waals surface area contributed by atoms with Crippen molar-refractivity contribution in [2.24, 2.45) is 5.92 Å². The van der Waals surface area contributed by atoms with E-state index in [1.165, 1.54) is 5.56 Å². The topological polar surface area (TPSA) is 26.8 Å². The minimum absolute atomic E-state index is 0.142. The molecule has 0 bridgehead atoms. The van der Waals surface area contributed by atoms with E-state index in [2.05, 4.69) is 45.0 Å². The van der Waals surface area contributed by atoms with Crippen molar-refractivity contribution in [2.45, 2.75) is 25.9 Å². The van der Waals surface area contributed by atoms with Crippen LogP contribution in [0.15, 0.2) is 48.5 Å². The van der Waals surface area contributed by atoms with E-state index in [0.29, 0.717) is 16.0 Å². The van der Waals surface area contributed by atoms with Crippen molar-refractivity contribution >= 4 is 29.1 Å². The first-order valence-corrected chi connectivity index (χ1v) is 11.6. The largest absolute Gasteiger partial charge is 0.340 e. The zero-order valence-corrected chi connectivity index (χ0v) is 18.8. The second kappa shape index (κ2) is 10.1. The van der Waals surface area contributed by atoms with Crippen LogP contribution in [0.2, 0.25) is 10.0 Å². The average molecular weight is 446 g/mol. The number of hydrogen-bond acceptors (Lipinski definition) is 3. The molecule has 2 aromatic rings. The highest BCUT2D eigenvalue weighted by molar-refractivity contribution is 6.35. The molecule has 0 radical (unpaired) electrons. The summed E-state index contributed by atoms with van der Waals surface area (Å²) in [5.41, 5.74) is 2.32. The Hall–Kier alpha value is -1.59. The number of piperazine rings is 1. The van der Waals surface area contributed by atoms with Crippen LogP contribution in [0.3, 0.4) is 0 Å². The fourth-order valence-corrected chi connectivity index (χ4v) is 4.99. The van der Waals surface area contributed by atoms with Crippen LogP contribution in [0.25, 0.3) is 0 Å². The maximum Gasteiger partial charge on any atom is 0.225 e. The van der Waals surface area contributed by atoms with Crippen molar-refractivity contribution in [3.63, 3.8) is 0 Å². The van der Waals surface area contributed by atoms with Gasteiger partial charge in [-0.05, 0) is 43.6 Å². The number of carbonyl (C=O) groups is 1. The summed E-state index contributed by atoms with van der Waals surface area (Å²) in [7, 11) is 0. The van der Waals surface area contributed by atoms with Crippen LogP contribution >= 0.6 is 23.2 Å². The number of hydrogen-bond donors (Lipinski definition) is 0. The van der Waals surface area contributed by atoms with Crippen molar-refractivity contribution < 1.29 is 4.79 Å².